The molecule has 0 amide bonds. The zero-order valence-electron chi connectivity index (χ0n) is 19.1. The summed E-state index contributed by atoms with van der Waals surface area (Å²) in [6, 6.07) is 9.67. The smallest absolute Gasteiger partial charge is 0.181 e. The maximum Gasteiger partial charge on any atom is 0.181 e. The summed E-state index contributed by atoms with van der Waals surface area (Å²) in [6.07, 6.45) is 12.5. The van der Waals surface area contributed by atoms with Crippen LogP contribution in [0.1, 0.15) is 75.8 Å². The van der Waals surface area contributed by atoms with Gasteiger partial charge >= 0.3 is 0 Å². The third-order valence-corrected chi connectivity index (χ3v) is 13.2. The average molecular weight is 453 g/mol. The predicted octanol–water partition coefficient (Wildman–Crippen LogP) is 7.26. The van der Waals surface area contributed by atoms with E-state index < -0.39 is 0 Å². The van der Waals surface area contributed by atoms with Gasteiger partial charge in [0.05, 0.1) is 0 Å². The summed E-state index contributed by atoms with van der Waals surface area (Å²) >= 11 is 3.92. The Hall–Kier alpha value is -0.670. The van der Waals surface area contributed by atoms with E-state index in [1.165, 1.54) is 49.7 Å². The normalized spacial score (nSPS) is 40.9. The molecule has 3 saturated carbocycles. The molecule has 0 N–H and O–H groups in total. The number of ketones is 1. The molecule has 6 atom stereocenters. The van der Waals surface area contributed by atoms with E-state index in [0.717, 1.165) is 42.1 Å². The molecule has 6 rings (SSSR count). The molecule has 0 aromatic heterocycles. The Labute approximate surface area is 196 Å². The molecule has 1 aliphatic heterocycles. The standard InChI is InChI=1S/C28H36OS2/c1-3-18-6-8-19(9-7-18)22-16-27(2)12-4-5-24(27)21-11-10-20-15-25(29)28(30-13-14-31-28)17-23(20)26(21)22/h6-9,15,21-24,26H,3-5,10-14,16-17H2,1-2H3/t21-,22+,23-,24-,26+,27-/m0/s1. The second kappa shape index (κ2) is 7.69. The fourth-order valence-electron chi connectivity index (χ4n) is 8.36. The third kappa shape index (κ3) is 3.23. The van der Waals surface area contributed by atoms with Gasteiger partial charge in [0.25, 0.3) is 0 Å². The molecule has 0 unspecified atom stereocenters. The van der Waals surface area contributed by atoms with Crippen LogP contribution in [0.25, 0.3) is 0 Å². The number of allylic oxidation sites excluding steroid dienone is 1. The Kier molecular flexibility index (Phi) is 5.18. The van der Waals surface area contributed by atoms with Crippen LogP contribution in [0.5, 0.6) is 0 Å². The van der Waals surface area contributed by atoms with Gasteiger partial charge in [-0.3, -0.25) is 4.79 Å². The largest absolute Gasteiger partial charge is 0.292 e. The summed E-state index contributed by atoms with van der Waals surface area (Å²) in [6.45, 7) is 4.87. The van der Waals surface area contributed by atoms with Gasteiger partial charge in [0.15, 0.2) is 5.78 Å². The van der Waals surface area contributed by atoms with Crippen molar-refractivity contribution >= 4 is 29.3 Å². The maximum atomic E-state index is 13.2. The SMILES string of the molecule is CCc1ccc([C@H]2C[C@]3(C)CCC[C@H]3[C@@H]3CCC4=CC(=O)C5(C[C@@H]4[C@H]32)SCCS5)cc1. The fourth-order valence-corrected chi connectivity index (χ4v) is 11.5. The molecule has 4 aliphatic carbocycles. The Bertz CT molecular complexity index is 896. The quantitative estimate of drug-likeness (QED) is 0.470. The fraction of sp³-hybridized carbons (Fsp3) is 0.679. The van der Waals surface area contributed by atoms with E-state index in [9.17, 15) is 4.79 Å². The molecule has 0 radical (unpaired) electrons. The summed E-state index contributed by atoms with van der Waals surface area (Å²) < 4.78 is -0.164. The van der Waals surface area contributed by atoms with E-state index in [0.29, 0.717) is 23.0 Å². The van der Waals surface area contributed by atoms with Gasteiger partial charge in [-0.25, -0.2) is 0 Å². The van der Waals surface area contributed by atoms with Crippen LogP contribution in [0.2, 0.25) is 0 Å². The van der Waals surface area contributed by atoms with E-state index >= 15 is 0 Å². The molecular weight excluding hydrogens is 416 g/mol. The van der Waals surface area contributed by atoms with Gasteiger partial charge in [-0.05, 0) is 97.2 Å². The molecule has 31 heavy (non-hydrogen) atoms. The molecule has 0 bridgehead atoms. The molecule has 1 heterocycles. The van der Waals surface area contributed by atoms with Gasteiger partial charge < -0.3 is 0 Å². The third-order valence-electron chi connectivity index (χ3n) is 9.78. The van der Waals surface area contributed by atoms with Crippen LogP contribution in [0.3, 0.4) is 0 Å². The van der Waals surface area contributed by atoms with Gasteiger partial charge in [0.2, 0.25) is 0 Å². The topological polar surface area (TPSA) is 17.1 Å². The van der Waals surface area contributed by atoms with Gasteiger partial charge in [-0.1, -0.05) is 50.1 Å². The van der Waals surface area contributed by atoms with Crippen LogP contribution in [-0.4, -0.2) is 21.4 Å². The van der Waals surface area contributed by atoms with Crippen LogP contribution in [0, 0.1) is 29.1 Å². The molecule has 166 valence electrons. The number of hydrogen-bond acceptors (Lipinski definition) is 3. The van der Waals surface area contributed by atoms with Crippen LogP contribution >= 0.6 is 23.5 Å². The second-order valence-corrected chi connectivity index (χ2v) is 14.2. The number of benzene rings is 1. The molecule has 1 nitrogen and oxygen atoms in total. The van der Waals surface area contributed by atoms with Crippen molar-refractivity contribution in [3.05, 3.63) is 47.0 Å². The predicted molar refractivity (Wildman–Crippen MR) is 134 cm³/mol. The number of fused-ring (bicyclic) bond motifs is 5. The van der Waals surface area contributed by atoms with Crippen LogP contribution < -0.4 is 0 Å². The molecular formula is C28H36OS2. The minimum atomic E-state index is -0.164. The lowest BCUT2D eigenvalue weighted by Gasteiger charge is -2.57. The summed E-state index contributed by atoms with van der Waals surface area (Å²) in [5.74, 6) is 6.47. The zero-order valence-corrected chi connectivity index (χ0v) is 20.7. The van der Waals surface area contributed by atoms with Crippen molar-refractivity contribution in [2.45, 2.75) is 75.2 Å². The first kappa shape index (κ1) is 20.9. The summed E-state index contributed by atoms with van der Waals surface area (Å²) in [7, 11) is 0. The highest BCUT2D eigenvalue weighted by Crippen LogP contribution is 2.67. The lowest BCUT2D eigenvalue weighted by atomic mass is 9.48. The highest BCUT2D eigenvalue weighted by atomic mass is 32.2. The number of carbonyl (C=O) groups excluding carboxylic acids is 1. The number of aryl methyl sites for hydroxylation is 1. The van der Waals surface area contributed by atoms with Crippen molar-refractivity contribution in [1.82, 2.24) is 0 Å². The number of thioether (sulfide) groups is 2. The van der Waals surface area contributed by atoms with Gasteiger partial charge in [0.1, 0.15) is 4.08 Å². The first-order chi connectivity index (χ1) is 15.0. The second-order valence-electron chi connectivity index (χ2n) is 11.2. The highest BCUT2D eigenvalue weighted by Gasteiger charge is 2.59. The van der Waals surface area contributed by atoms with Crippen molar-refractivity contribution in [2.75, 3.05) is 11.5 Å². The first-order valence-electron chi connectivity index (χ1n) is 12.6. The van der Waals surface area contributed by atoms with E-state index in [4.69, 9.17) is 0 Å². The van der Waals surface area contributed by atoms with E-state index in [1.54, 1.807) is 5.56 Å². The first-order valence-corrected chi connectivity index (χ1v) is 14.6. The highest BCUT2D eigenvalue weighted by molar-refractivity contribution is 8.22. The Balaban J connectivity index is 1.42. The summed E-state index contributed by atoms with van der Waals surface area (Å²) in [5, 5.41) is 0. The van der Waals surface area contributed by atoms with Crippen molar-refractivity contribution in [2.24, 2.45) is 29.1 Å². The zero-order chi connectivity index (χ0) is 21.2. The number of rotatable bonds is 2. The van der Waals surface area contributed by atoms with Crippen molar-refractivity contribution in [1.29, 1.82) is 0 Å². The van der Waals surface area contributed by atoms with E-state index in [-0.39, 0.29) is 4.08 Å². The molecule has 1 aromatic rings. The average Bonchev–Trinajstić information content (AvgIpc) is 3.41. The van der Waals surface area contributed by atoms with Crippen LogP contribution in [-0.2, 0) is 11.2 Å². The summed E-state index contributed by atoms with van der Waals surface area (Å²) in [4.78, 5) is 13.2. The molecule has 1 saturated heterocycles. The Morgan fingerprint density at radius 3 is 2.55 bits per heavy atom. The molecule has 5 aliphatic rings. The van der Waals surface area contributed by atoms with Crippen LogP contribution in [0.15, 0.2) is 35.9 Å². The Morgan fingerprint density at radius 2 is 1.81 bits per heavy atom. The minimum absolute atomic E-state index is 0.164. The van der Waals surface area contributed by atoms with Gasteiger partial charge in [-0.2, -0.15) is 0 Å². The number of carbonyl (C=O) groups is 1. The van der Waals surface area contributed by atoms with Crippen molar-refractivity contribution in [3.8, 4) is 0 Å². The van der Waals surface area contributed by atoms with Gasteiger partial charge in [-0.15, -0.1) is 23.5 Å². The van der Waals surface area contributed by atoms with Crippen LogP contribution in [0.4, 0.5) is 0 Å². The molecule has 3 heteroatoms. The molecule has 1 aromatic carbocycles. The Morgan fingerprint density at radius 1 is 1.03 bits per heavy atom. The monoisotopic (exact) mass is 452 g/mol. The number of hydrogen-bond donors (Lipinski definition) is 0. The van der Waals surface area contributed by atoms with E-state index in [1.807, 2.05) is 23.5 Å². The van der Waals surface area contributed by atoms with Gasteiger partial charge in [0, 0.05) is 11.5 Å². The maximum absolute atomic E-state index is 13.2. The molecule has 1 spiro atoms. The minimum Gasteiger partial charge on any atom is -0.292 e. The lowest BCUT2D eigenvalue weighted by molar-refractivity contribution is -0.116. The van der Waals surface area contributed by atoms with Crippen molar-refractivity contribution < 1.29 is 4.79 Å². The lowest BCUT2D eigenvalue weighted by Crippen LogP contribution is -2.50. The van der Waals surface area contributed by atoms with Crippen molar-refractivity contribution in [3.63, 3.8) is 0 Å². The molecule has 4 fully saturated rings. The van der Waals surface area contributed by atoms with E-state index in [2.05, 4.69) is 44.2 Å². The summed E-state index contributed by atoms with van der Waals surface area (Å²) in [5.41, 5.74) is 5.07.